The van der Waals surface area contributed by atoms with E-state index in [0.29, 0.717) is 0 Å². The van der Waals surface area contributed by atoms with Gasteiger partial charge in [-0.05, 0) is 18.1 Å². The second-order valence-electron chi connectivity index (χ2n) is 4.79. The molecule has 0 spiro atoms. The van der Waals surface area contributed by atoms with E-state index in [1.807, 2.05) is 38.1 Å². The van der Waals surface area contributed by atoms with Crippen LogP contribution in [0.4, 0.5) is 0 Å². The van der Waals surface area contributed by atoms with Gasteiger partial charge in [-0.2, -0.15) is 0 Å². The maximum Gasteiger partial charge on any atom is 0.223 e. The first-order valence-corrected chi connectivity index (χ1v) is 5.88. The van der Waals surface area contributed by atoms with Crippen molar-refractivity contribution in [1.82, 2.24) is 0 Å². The minimum absolute atomic E-state index is 0.0659. The van der Waals surface area contributed by atoms with E-state index in [4.69, 9.17) is 10.5 Å². The van der Waals surface area contributed by atoms with Crippen LogP contribution in [-0.4, -0.2) is 13.0 Å². The number of amides is 1. The summed E-state index contributed by atoms with van der Waals surface area (Å²) in [5.41, 5.74) is 5.96. The van der Waals surface area contributed by atoms with Crippen molar-refractivity contribution in [2.75, 3.05) is 7.11 Å². The summed E-state index contributed by atoms with van der Waals surface area (Å²) in [6.45, 7) is 5.83. The van der Waals surface area contributed by atoms with Gasteiger partial charge in [0.25, 0.3) is 0 Å². The summed E-state index contributed by atoms with van der Waals surface area (Å²) in [5, 5.41) is 0. The van der Waals surface area contributed by atoms with Gasteiger partial charge in [-0.25, -0.2) is 0 Å². The number of hydrogen-bond donors (Lipinski definition) is 1. The fraction of sp³-hybridized carbons (Fsp3) is 0.500. The van der Waals surface area contributed by atoms with Gasteiger partial charge in [0.15, 0.2) is 0 Å². The third-order valence-electron chi connectivity index (χ3n) is 3.43. The van der Waals surface area contributed by atoms with Crippen molar-refractivity contribution in [3.63, 3.8) is 0 Å². The van der Waals surface area contributed by atoms with E-state index in [1.165, 1.54) is 0 Å². The molecule has 0 saturated carbocycles. The number of hydrogen-bond acceptors (Lipinski definition) is 2. The van der Waals surface area contributed by atoms with Crippen LogP contribution in [-0.2, 0) is 4.79 Å². The van der Waals surface area contributed by atoms with Crippen LogP contribution in [0, 0.1) is 5.41 Å². The van der Waals surface area contributed by atoms with Crippen molar-refractivity contribution in [3.05, 3.63) is 29.8 Å². The Labute approximate surface area is 103 Å². The summed E-state index contributed by atoms with van der Waals surface area (Å²) in [6, 6.07) is 7.79. The molecule has 0 saturated heterocycles. The second-order valence-corrected chi connectivity index (χ2v) is 4.79. The first kappa shape index (κ1) is 13.6. The van der Waals surface area contributed by atoms with Crippen molar-refractivity contribution in [2.24, 2.45) is 11.1 Å². The van der Waals surface area contributed by atoms with Gasteiger partial charge in [-0.15, -0.1) is 0 Å². The fourth-order valence-electron chi connectivity index (χ4n) is 2.25. The number of primary amides is 1. The molecule has 17 heavy (non-hydrogen) atoms. The molecule has 1 atom stereocenters. The van der Waals surface area contributed by atoms with E-state index in [2.05, 4.69) is 6.92 Å². The average molecular weight is 235 g/mol. The molecule has 0 bridgehead atoms. The van der Waals surface area contributed by atoms with Crippen LogP contribution in [0.5, 0.6) is 5.75 Å². The lowest BCUT2D eigenvalue weighted by Gasteiger charge is -2.32. The highest BCUT2D eigenvalue weighted by Crippen LogP contribution is 2.41. The summed E-state index contributed by atoms with van der Waals surface area (Å²) < 4.78 is 5.35. The molecule has 0 aliphatic rings. The van der Waals surface area contributed by atoms with E-state index < -0.39 is 5.41 Å². The lowest BCUT2D eigenvalue weighted by molar-refractivity contribution is -0.127. The first-order valence-electron chi connectivity index (χ1n) is 5.88. The van der Waals surface area contributed by atoms with E-state index in [-0.39, 0.29) is 11.8 Å². The van der Waals surface area contributed by atoms with Crippen molar-refractivity contribution < 1.29 is 9.53 Å². The van der Waals surface area contributed by atoms with Crippen LogP contribution in [0.25, 0.3) is 0 Å². The van der Waals surface area contributed by atoms with Gasteiger partial charge in [-0.1, -0.05) is 39.0 Å². The Balaban J connectivity index is 3.22. The standard InChI is InChI=1S/C14H21NO2/c1-5-11(14(2,3)13(15)16)10-8-6-7-9-12(10)17-4/h6-9,11H,5H2,1-4H3,(H2,15,16). The molecule has 94 valence electrons. The second kappa shape index (κ2) is 5.21. The number of nitrogens with two attached hydrogens (primary N) is 1. The molecule has 0 aliphatic carbocycles. The molecule has 3 heteroatoms. The van der Waals surface area contributed by atoms with Gasteiger partial charge in [-0.3, -0.25) is 4.79 Å². The van der Waals surface area contributed by atoms with Crippen molar-refractivity contribution in [1.29, 1.82) is 0 Å². The van der Waals surface area contributed by atoms with Crippen LogP contribution in [0.1, 0.15) is 38.7 Å². The zero-order valence-electron chi connectivity index (χ0n) is 11.0. The zero-order valence-corrected chi connectivity index (χ0v) is 11.0. The smallest absolute Gasteiger partial charge is 0.223 e. The van der Waals surface area contributed by atoms with Gasteiger partial charge in [0, 0.05) is 5.92 Å². The highest BCUT2D eigenvalue weighted by atomic mass is 16.5. The number of carbonyl (C=O) groups is 1. The molecule has 0 heterocycles. The monoisotopic (exact) mass is 235 g/mol. The third-order valence-corrected chi connectivity index (χ3v) is 3.43. The zero-order chi connectivity index (χ0) is 13.1. The third kappa shape index (κ3) is 2.60. The van der Waals surface area contributed by atoms with Gasteiger partial charge in [0.2, 0.25) is 5.91 Å². The van der Waals surface area contributed by atoms with Crippen LogP contribution >= 0.6 is 0 Å². The SMILES string of the molecule is CCC(c1ccccc1OC)C(C)(C)C(N)=O. The Morgan fingerprint density at radius 1 is 1.41 bits per heavy atom. The largest absolute Gasteiger partial charge is 0.496 e. The minimum Gasteiger partial charge on any atom is -0.496 e. The van der Waals surface area contributed by atoms with Crippen LogP contribution in [0.15, 0.2) is 24.3 Å². The maximum atomic E-state index is 11.6. The normalized spacial score (nSPS) is 13.2. The van der Waals surface area contributed by atoms with E-state index in [0.717, 1.165) is 17.7 Å². The molecule has 1 amide bonds. The minimum atomic E-state index is -0.580. The molecule has 0 aliphatic heterocycles. The van der Waals surface area contributed by atoms with E-state index >= 15 is 0 Å². The van der Waals surface area contributed by atoms with Gasteiger partial charge >= 0.3 is 0 Å². The quantitative estimate of drug-likeness (QED) is 0.853. The summed E-state index contributed by atoms with van der Waals surface area (Å²) in [4.78, 5) is 11.6. The molecule has 1 rings (SSSR count). The average Bonchev–Trinajstić information content (AvgIpc) is 2.30. The van der Waals surface area contributed by atoms with Crippen LogP contribution in [0.3, 0.4) is 0 Å². The fourth-order valence-corrected chi connectivity index (χ4v) is 2.25. The molecule has 3 nitrogen and oxygen atoms in total. The Morgan fingerprint density at radius 3 is 2.47 bits per heavy atom. The summed E-state index contributed by atoms with van der Waals surface area (Å²) in [5.74, 6) is 0.597. The topological polar surface area (TPSA) is 52.3 Å². The molecule has 2 N–H and O–H groups in total. The van der Waals surface area contributed by atoms with Crippen molar-refractivity contribution in [3.8, 4) is 5.75 Å². The Kier molecular flexibility index (Phi) is 4.16. The Hall–Kier alpha value is -1.51. The molecule has 1 aromatic rings. The number of methoxy groups -OCH3 is 1. The number of para-hydroxylation sites is 1. The highest BCUT2D eigenvalue weighted by molar-refractivity contribution is 5.81. The Bertz CT molecular complexity index is 399. The van der Waals surface area contributed by atoms with Gasteiger partial charge in [0.05, 0.1) is 12.5 Å². The van der Waals surface area contributed by atoms with Crippen molar-refractivity contribution >= 4 is 5.91 Å². The summed E-state index contributed by atoms with van der Waals surface area (Å²) in [7, 11) is 1.64. The van der Waals surface area contributed by atoms with Crippen molar-refractivity contribution in [2.45, 2.75) is 33.1 Å². The predicted molar refractivity (Wildman–Crippen MR) is 69.0 cm³/mol. The summed E-state index contributed by atoms with van der Waals surface area (Å²) >= 11 is 0. The van der Waals surface area contributed by atoms with Gasteiger partial charge in [0.1, 0.15) is 5.75 Å². The lowest BCUT2D eigenvalue weighted by Crippen LogP contribution is -2.37. The van der Waals surface area contributed by atoms with E-state index in [9.17, 15) is 4.79 Å². The number of benzene rings is 1. The predicted octanol–water partition coefficient (Wildman–Crippen LogP) is 2.70. The van der Waals surface area contributed by atoms with E-state index in [1.54, 1.807) is 7.11 Å². The summed E-state index contributed by atoms with van der Waals surface area (Å²) in [6.07, 6.45) is 0.844. The van der Waals surface area contributed by atoms with Crippen LogP contribution in [0.2, 0.25) is 0 Å². The molecular formula is C14H21NO2. The molecule has 1 aromatic carbocycles. The molecule has 0 aromatic heterocycles. The first-order chi connectivity index (χ1) is 7.95. The molecule has 0 fully saturated rings. The molecule has 0 radical (unpaired) electrons. The maximum absolute atomic E-state index is 11.6. The number of ether oxygens (including phenoxy) is 1. The Morgan fingerprint density at radius 2 is 2.00 bits per heavy atom. The molecule has 1 unspecified atom stereocenters. The number of carbonyl (C=O) groups excluding carboxylic acids is 1. The van der Waals surface area contributed by atoms with Gasteiger partial charge < -0.3 is 10.5 Å². The number of rotatable bonds is 5. The van der Waals surface area contributed by atoms with Crippen LogP contribution < -0.4 is 10.5 Å². The lowest BCUT2D eigenvalue weighted by atomic mass is 9.72. The molecular weight excluding hydrogens is 214 g/mol. The highest BCUT2D eigenvalue weighted by Gasteiger charge is 2.36.